The first-order valence-electron chi connectivity index (χ1n) is 9.26. The van der Waals surface area contributed by atoms with Crippen molar-refractivity contribution in [1.82, 2.24) is 0 Å². The van der Waals surface area contributed by atoms with Crippen LogP contribution >= 0.6 is 11.8 Å². The smallest absolute Gasteiger partial charge is 0.369 e. The van der Waals surface area contributed by atoms with Crippen molar-refractivity contribution in [3.8, 4) is 0 Å². The molecule has 2 aromatic rings. The standard InChI is InChI=1S/C21H20F3N3OS/c1-13-3-2-4-17-19(13)15(20(28)26-17)12-25-14-5-6-18(16(11-14)21(22,23)24)27-7-9-29-10-8-27/h2-6,11-12,25H,7-10H2,1H3,(H,26,28)/b15-12+. The van der Waals surface area contributed by atoms with Gasteiger partial charge in [-0.1, -0.05) is 12.1 Å². The average molecular weight is 419 g/mol. The zero-order valence-electron chi connectivity index (χ0n) is 15.8. The van der Waals surface area contributed by atoms with Crippen LogP contribution in [0, 0.1) is 6.92 Å². The molecular weight excluding hydrogens is 399 g/mol. The summed E-state index contributed by atoms with van der Waals surface area (Å²) >= 11 is 1.75. The van der Waals surface area contributed by atoms with Crippen molar-refractivity contribution in [3.05, 3.63) is 59.3 Å². The van der Waals surface area contributed by atoms with Crippen LogP contribution in [0.1, 0.15) is 16.7 Å². The zero-order valence-corrected chi connectivity index (χ0v) is 16.6. The van der Waals surface area contributed by atoms with Crippen LogP contribution in [-0.2, 0) is 11.0 Å². The van der Waals surface area contributed by atoms with Crippen molar-refractivity contribution in [1.29, 1.82) is 0 Å². The van der Waals surface area contributed by atoms with E-state index in [9.17, 15) is 18.0 Å². The number of halogens is 3. The van der Waals surface area contributed by atoms with Gasteiger partial charge in [0.05, 0.1) is 11.1 Å². The maximum absolute atomic E-state index is 13.7. The predicted molar refractivity (Wildman–Crippen MR) is 112 cm³/mol. The van der Waals surface area contributed by atoms with E-state index in [0.29, 0.717) is 24.4 Å². The Morgan fingerprint density at radius 2 is 1.93 bits per heavy atom. The molecule has 2 aromatic carbocycles. The number of hydrogen-bond acceptors (Lipinski definition) is 4. The molecule has 0 spiro atoms. The number of carbonyl (C=O) groups excluding carboxylic acids is 1. The summed E-state index contributed by atoms with van der Waals surface area (Å²) in [4.78, 5) is 14.1. The second-order valence-corrected chi connectivity index (χ2v) is 8.21. The van der Waals surface area contributed by atoms with Gasteiger partial charge in [-0.05, 0) is 36.8 Å². The fourth-order valence-electron chi connectivity index (χ4n) is 3.66. The molecule has 0 atom stereocenters. The Bertz CT molecular complexity index is 982. The summed E-state index contributed by atoms with van der Waals surface area (Å²) in [6.45, 7) is 3.09. The van der Waals surface area contributed by atoms with Gasteiger partial charge in [-0.25, -0.2) is 0 Å². The Morgan fingerprint density at radius 3 is 2.66 bits per heavy atom. The first-order chi connectivity index (χ1) is 13.8. The molecule has 0 aromatic heterocycles. The van der Waals surface area contributed by atoms with Crippen LogP contribution in [0.15, 0.2) is 42.6 Å². The molecule has 0 unspecified atom stereocenters. The number of nitrogens with one attached hydrogen (secondary N) is 2. The van der Waals surface area contributed by atoms with Crippen LogP contribution in [0.5, 0.6) is 0 Å². The Morgan fingerprint density at radius 1 is 1.17 bits per heavy atom. The summed E-state index contributed by atoms with van der Waals surface area (Å²) in [5.74, 6) is 1.36. The molecule has 0 radical (unpaired) electrons. The van der Waals surface area contributed by atoms with Gasteiger partial charge in [0.1, 0.15) is 0 Å². The third-order valence-corrected chi connectivity index (χ3v) is 6.01. The molecule has 1 fully saturated rings. The molecule has 2 heterocycles. The number of alkyl halides is 3. The highest BCUT2D eigenvalue weighted by atomic mass is 32.2. The molecule has 152 valence electrons. The maximum atomic E-state index is 13.7. The largest absolute Gasteiger partial charge is 0.418 e. The number of amides is 1. The molecule has 2 aliphatic rings. The summed E-state index contributed by atoms with van der Waals surface area (Å²) in [5, 5.41) is 5.66. The number of anilines is 3. The van der Waals surface area contributed by atoms with Crippen LogP contribution in [0.25, 0.3) is 5.57 Å². The molecule has 8 heteroatoms. The van der Waals surface area contributed by atoms with Crippen molar-refractivity contribution in [2.45, 2.75) is 13.1 Å². The topological polar surface area (TPSA) is 44.4 Å². The fourth-order valence-corrected chi connectivity index (χ4v) is 4.56. The van der Waals surface area contributed by atoms with E-state index in [1.807, 2.05) is 19.1 Å². The van der Waals surface area contributed by atoms with Crippen LogP contribution < -0.4 is 15.5 Å². The van der Waals surface area contributed by atoms with Gasteiger partial charge in [-0.3, -0.25) is 4.79 Å². The van der Waals surface area contributed by atoms with E-state index in [-0.39, 0.29) is 17.3 Å². The van der Waals surface area contributed by atoms with Crippen LogP contribution in [0.2, 0.25) is 0 Å². The molecule has 0 saturated carbocycles. The Labute approximate surface area is 171 Å². The summed E-state index contributed by atoms with van der Waals surface area (Å²) in [5.41, 5.74) is 2.62. The fraction of sp³-hybridized carbons (Fsp3) is 0.286. The van der Waals surface area contributed by atoms with Crippen LogP contribution in [0.4, 0.5) is 30.2 Å². The van der Waals surface area contributed by atoms with Gasteiger partial charge in [-0.15, -0.1) is 0 Å². The highest BCUT2D eigenvalue weighted by Gasteiger charge is 2.35. The monoisotopic (exact) mass is 419 g/mol. The van der Waals surface area contributed by atoms with Gasteiger partial charge < -0.3 is 15.5 Å². The van der Waals surface area contributed by atoms with Gasteiger partial charge in [0.15, 0.2) is 0 Å². The van der Waals surface area contributed by atoms with Crippen molar-refractivity contribution >= 4 is 40.3 Å². The number of rotatable bonds is 3. The second kappa shape index (κ2) is 7.67. The van der Waals surface area contributed by atoms with Gasteiger partial charge in [-0.2, -0.15) is 24.9 Å². The van der Waals surface area contributed by atoms with Gasteiger partial charge >= 0.3 is 6.18 Å². The van der Waals surface area contributed by atoms with Gasteiger partial charge in [0, 0.05) is 53.4 Å². The summed E-state index contributed by atoms with van der Waals surface area (Å²) in [7, 11) is 0. The summed E-state index contributed by atoms with van der Waals surface area (Å²) < 4.78 is 41.1. The minimum absolute atomic E-state index is 0.204. The first-order valence-corrected chi connectivity index (χ1v) is 10.4. The highest BCUT2D eigenvalue weighted by molar-refractivity contribution is 7.99. The predicted octanol–water partition coefficient (Wildman–Crippen LogP) is 4.97. The molecule has 4 rings (SSSR count). The summed E-state index contributed by atoms with van der Waals surface area (Å²) in [6.07, 6.45) is -2.99. The zero-order chi connectivity index (χ0) is 20.6. The lowest BCUT2D eigenvalue weighted by molar-refractivity contribution is -0.137. The van der Waals surface area contributed by atoms with Crippen LogP contribution in [0.3, 0.4) is 0 Å². The van der Waals surface area contributed by atoms with E-state index in [2.05, 4.69) is 10.6 Å². The lowest BCUT2D eigenvalue weighted by Crippen LogP contribution is -2.34. The average Bonchev–Trinajstić information content (AvgIpc) is 3.02. The molecule has 29 heavy (non-hydrogen) atoms. The quantitative estimate of drug-likeness (QED) is 0.690. The number of fused-ring (bicyclic) bond motifs is 1. The molecule has 2 aliphatic heterocycles. The van der Waals surface area contributed by atoms with E-state index < -0.39 is 11.7 Å². The first kappa shape index (κ1) is 19.7. The highest BCUT2D eigenvalue weighted by Crippen LogP contribution is 2.39. The molecule has 1 amide bonds. The minimum Gasteiger partial charge on any atom is -0.369 e. The lowest BCUT2D eigenvalue weighted by atomic mass is 10.0. The van der Waals surface area contributed by atoms with E-state index in [1.54, 1.807) is 28.8 Å². The number of nitrogens with zero attached hydrogens (tertiary/aromatic N) is 1. The SMILES string of the molecule is Cc1cccc2c1/C(=C\Nc1ccc(N3CCSCC3)c(C(F)(F)F)c1)C(=O)N2. The van der Waals surface area contributed by atoms with Crippen molar-refractivity contribution < 1.29 is 18.0 Å². The number of benzene rings is 2. The third kappa shape index (κ3) is 3.94. The molecule has 1 saturated heterocycles. The van der Waals surface area contributed by atoms with Crippen molar-refractivity contribution in [2.75, 3.05) is 40.1 Å². The normalized spacial score (nSPS) is 18.0. The molecule has 2 N–H and O–H groups in total. The lowest BCUT2D eigenvalue weighted by Gasteiger charge is -2.31. The third-order valence-electron chi connectivity index (χ3n) is 5.07. The van der Waals surface area contributed by atoms with Crippen molar-refractivity contribution in [3.63, 3.8) is 0 Å². The molecular formula is C21H20F3N3OS. The number of carbonyl (C=O) groups is 1. The molecule has 0 aliphatic carbocycles. The van der Waals surface area contributed by atoms with E-state index in [4.69, 9.17) is 0 Å². The van der Waals surface area contributed by atoms with E-state index in [1.165, 1.54) is 12.3 Å². The van der Waals surface area contributed by atoms with Crippen LogP contribution in [-0.4, -0.2) is 30.5 Å². The van der Waals surface area contributed by atoms with Gasteiger partial charge in [0.2, 0.25) is 0 Å². The maximum Gasteiger partial charge on any atom is 0.418 e. The van der Waals surface area contributed by atoms with Crippen molar-refractivity contribution in [2.24, 2.45) is 0 Å². The number of thioether (sulfide) groups is 1. The number of hydrogen-bond donors (Lipinski definition) is 2. The Kier molecular flexibility index (Phi) is 5.21. The Hall–Kier alpha value is -2.61. The van der Waals surface area contributed by atoms with Gasteiger partial charge in [0.25, 0.3) is 5.91 Å². The minimum atomic E-state index is -4.46. The van der Waals surface area contributed by atoms with E-state index in [0.717, 1.165) is 28.7 Å². The molecule has 0 bridgehead atoms. The number of aryl methyl sites for hydroxylation is 1. The van der Waals surface area contributed by atoms with E-state index >= 15 is 0 Å². The Balaban J connectivity index is 1.65. The summed E-state index contributed by atoms with van der Waals surface area (Å²) in [6, 6.07) is 9.77. The second-order valence-electron chi connectivity index (χ2n) is 6.98. The molecule has 4 nitrogen and oxygen atoms in total.